The molecule has 0 aliphatic rings. The molecule has 0 radical (unpaired) electrons. The van der Waals surface area contributed by atoms with Crippen LogP contribution < -0.4 is 5.32 Å². The third-order valence-corrected chi connectivity index (χ3v) is 4.21. The molecule has 0 bridgehead atoms. The van der Waals surface area contributed by atoms with E-state index in [0.29, 0.717) is 13.0 Å². The average molecular weight is 343 g/mol. The molecule has 0 unspecified atom stereocenters. The summed E-state index contributed by atoms with van der Waals surface area (Å²) in [5.74, 6) is -0.161. The fourth-order valence-corrected chi connectivity index (χ4v) is 2.66. The number of aromatic nitrogens is 2. The number of carbonyl (C=O) groups excluding carboxylic acids is 1. The van der Waals surface area contributed by atoms with E-state index in [-0.39, 0.29) is 11.5 Å². The maximum absolute atomic E-state index is 11.7. The highest BCUT2D eigenvalue weighted by atomic mass is 16.5. The molecule has 0 aliphatic heterocycles. The predicted molar refractivity (Wildman–Crippen MR) is 99.3 cm³/mol. The van der Waals surface area contributed by atoms with Gasteiger partial charge in [-0.25, -0.2) is 4.98 Å². The fourth-order valence-electron chi connectivity index (χ4n) is 2.66. The zero-order valence-electron chi connectivity index (χ0n) is 15.5. The summed E-state index contributed by atoms with van der Waals surface area (Å²) in [7, 11) is 0. The van der Waals surface area contributed by atoms with Crippen LogP contribution in [0.5, 0.6) is 0 Å². The summed E-state index contributed by atoms with van der Waals surface area (Å²) in [6, 6.07) is 8.20. The number of imidazole rings is 1. The van der Waals surface area contributed by atoms with Crippen LogP contribution in [0.1, 0.15) is 44.7 Å². The van der Waals surface area contributed by atoms with Crippen molar-refractivity contribution in [3.8, 4) is 0 Å². The maximum Gasteiger partial charge on any atom is 0.310 e. The maximum atomic E-state index is 11.7. The van der Waals surface area contributed by atoms with Gasteiger partial charge in [0.2, 0.25) is 0 Å². The van der Waals surface area contributed by atoms with Crippen LogP contribution in [0.4, 0.5) is 0 Å². The molecule has 0 amide bonds. The summed E-state index contributed by atoms with van der Waals surface area (Å²) in [4.78, 5) is 15.7. The highest BCUT2D eigenvalue weighted by molar-refractivity contribution is 5.72. The molecule has 0 spiro atoms. The minimum absolute atomic E-state index is 0.115. The van der Waals surface area contributed by atoms with Gasteiger partial charge in [0.05, 0.1) is 19.4 Å². The lowest BCUT2D eigenvalue weighted by molar-refractivity contribution is -0.142. The van der Waals surface area contributed by atoms with Crippen LogP contribution >= 0.6 is 0 Å². The second-order valence-electron chi connectivity index (χ2n) is 6.80. The SMILES string of the molecule is CCCOC(=O)Cc1ccc(C(C)(C)NCCCn2ccnc2)cc1. The molecular weight excluding hydrogens is 314 g/mol. The Morgan fingerprint density at radius 2 is 2.04 bits per heavy atom. The smallest absolute Gasteiger partial charge is 0.310 e. The molecular formula is C20H29N3O2. The summed E-state index contributed by atoms with van der Waals surface area (Å²) in [5.41, 5.74) is 2.08. The first-order valence-corrected chi connectivity index (χ1v) is 8.97. The summed E-state index contributed by atoms with van der Waals surface area (Å²) >= 11 is 0. The zero-order valence-corrected chi connectivity index (χ0v) is 15.5. The molecule has 136 valence electrons. The largest absolute Gasteiger partial charge is 0.465 e. The lowest BCUT2D eigenvalue weighted by atomic mass is 9.93. The molecule has 5 nitrogen and oxygen atoms in total. The van der Waals surface area contributed by atoms with Crippen molar-refractivity contribution < 1.29 is 9.53 Å². The summed E-state index contributed by atoms with van der Waals surface area (Å²) < 4.78 is 7.22. The monoisotopic (exact) mass is 343 g/mol. The quantitative estimate of drug-likeness (QED) is 0.531. The fraction of sp³-hybridized carbons (Fsp3) is 0.500. The average Bonchev–Trinajstić information content (AvgIpc) is 3.11. The number of rotatable bonds is 10. The number of esters is 1. The Morgan fingerprint density at radius 1 is 1.28 bits per heavy atom. The Morgan fingerprint density at radius 3 is 2.68 bits per heavy atom. The van der Waals surface area contributed by atoms with Crippen LogP contribution in [0.25, 0.3) is 0 Å². The standard InChI is InChI=1S/C20H29N3O2/c1-4-14-25-19(24)15-17-6-8-18(9-7-17)20(2,3)22-10-5-12-23-13-11-21-16-23/h6-9,11,13,16,22H,4-5,10,12,14-15H2,1-3H3. The molecule has 0 aliphatic carbocycles. The molecule has 1 aromatic carbocycles. The van der Waals surface area contributed by atoms with Crippen molar-refractivity contribution in [1.29, 1.82) is 0 Å². The molecule has 0 fully saturated rings. The number of benzene rings is 1. The first kappa shape index (κ1) is 19.2. The number of hydrogen-bond acceptors (Lipinski definition) is 4. The number of ether oxygens (including phenoxy) is 1. The van der Waals surface area contributed by atoms with Gasteiger partial charge in [0.15, 0.2) is 0 Å². The molecule has 2 rings (SSSR count). The van der Waals surface area contributed by atoms with Gasteiger partial charge in [-0.1, -0.05) is 31.2 Å². The molecule has 25 heavy (non-hydrogen) atoms. The van der Waals surface area contributed by atoms with Gasteiger partial charge >= 0.3 is 5.97 Å². The van der Waals surface area contributed by atoms with Gasteiger partial charge in [-0.3, -0.25) is 4.79 Å². The molecule has 0 saturated carbocycles. The minimum atomic E-state index is -0.161. The molecule has 5 heteroatoms. The molecule has 1 heterocycles. The number of nitrogens with zero attached hydrogens (tertiary/aromatic N) is 2. The third-order valence-electron chi connectivity index (χ3n) is 4.21. The number of nitrogens with one attached hydrogen (secondary N) is 1. The van der Waals surface area contributed by atoms with Crippen molar-refractivity contribution in [1.82, 2.24) is 14.9 Å². The topological polar surface area (TPSA) is 56.1 Å². The highest BCUT2D eigenvalue weighted by Gasteiger charge is 2.19. The van der Waals surface area contributed by atoms with Crippen molar-refractivity contribution in [3.63, 3.8) is 0 Å². The second kappa shape index (κ2) is 9.37. The lowest BCUT2D eigenvalue weighted by Gasteiger charge is -2.27. The first-order chi connectivity index (χ1) is 12.0. The van der Waals surface area contributed by atoms with Gasteiger partial charge in [-0.2, -0.15) is 0 Å². The predicted octanol–water partition coefficient (Wildman–Crippen LogP) is 3.29. The molecule has 0 atom stereocenters. The van der Waals surface area contributed by atoms with Crippen LogP contribution in [0.15, 0.2) is 43.0 Å². The first-order valence-electron chi connectivity index (χ1n) is 8.97. The van der Waals surface area contributed by atoms with Gasteiger partial charge in [0.25, 0.3) is 0 Å². The Bertz CT molecular complexity index is 633. The van der Waals surface area contributed by atoms with Crippen LogP contribution in [0, 0.1) is 0 Å². The normalized spacial score (nSPS) is 11.5. The van der Waals surface area contributed by atoms with Crippen LogP contribution in [0.2, 0.25) is 0 Å². The van der Waals surface area contributed by atoms with E-state index in [0.717, 1.165) is 31.5 Å². The van der Waals surface area contributed by atoms with Crippen molar-refractivity contribution >= 4 is 5.97 Å². The van der Waals surface area contributed by atoms with Gasteiger partial charge < -0.3 is 14.6 Å². The Balaban J connectivity index is 1.81. The van der Waals surface area contributed by atoms with Gasteiger partial charge in [0.1, 0.15) is 0 Å². The zero-order chi connectivity index (χ0) is 18.1. The van der Waals surface area contributed by atoms with E-state index < -0.39 is 0 Å². The summed E-state index contributed by atoms with van der Waals surface area (Å²) in [6.07, 6.45) is 7.85. The number of carbonyl (C=O) groups is 1. The number of hydrogen-bond donors (Lipinski definition) is 1. The van der Waals surface area contributed by atoms with Gasteiger partial charge in [0, 0.05) is 24.5 Å². The van der Waals surface area contributed by atoms with E-state index in [1.54, 1.807) is 6.20 Å². The van der Waals surface area contributed by atoms with Crippen molar-refractivity contribution in [2.45, 2.75) is 52.1 Å². The van der Waals surface area contributed by atoms with Crippen molar-refractivity contribution in [2.75, 3.05) is 13.2 Å². The van der Waals surface area contributed by atoms with Gasteiger partial charge in [-0.15, -0.1) is 0 Å². The highest BCUT2D eigenvalue weighted by Crippen LogP contribution is 2.20. The van der Waals surface area contributed by atoms with Crippen LogP contribution in [-0.4, -0.2) is 28.7 Å². The summed E-state index contributed by atoms with van der Waals surface area (Å²) in [6.45, 7) is 8.72. The Hall–Kier alpha value is -2.14. The van der Waals surface area contributed by atoms with Crippen LogP contribution in [-0.2, 0) is 28.0 Å². The van der Waals surface area contributed by atoms with E-state index in [2.05, 4.69) is 40.8 Å². The third kappa shape index (κ3) is 6.35. The van der Waals surface area contributed by atoms with Crippen molar-refractivity contribution in [3.05, 3.63) is 54.1 Å². The van der Waals surface area contributed by atoms with E-state index in [1.807, 2.05) is 31.6 Å². The minimum Gasteiger partial charge on any atom is -0.465 e. The molecule has 1 N–H and O–H groups in total. The Labute approximate surface area is 150 Å². The van der Waals surface area contributed by atoms with E-state index in [1.165, 1.54) is 5.56 Å². The van der Waals surface area contributed by atoms with Crippen LogP contribution in [0.3, 0.4) is 0 Å². The molecule has 1 aromatic heterocycles. The van der Waals surface area contributed by atoms with Crippen molar-refractivity contribution in [2.24, 2.45) is 0 Å². The second-order valence-corrected chi connectivity index (χ2v) is 6.80. The number of aryl methyl sites for hydroxylation is 1. The Kier molecular flexibility index (Phi) is 7.19. The lowest BCUT2D eigenvalue weighted by Crippen LogP contribution is -2.37. The molecule has 0 saturated heterocycles. The van der Waals surface area contributed by atoms with E-state index >= 15 is 0 Å². The molecule has 2 aromatic rings. The van der Waals surface area contributed by atoms with E-state index in [4.69, 9.17) is 4.74 Å². The van der Waals surface area contributed by atoms with E-state index in [9.17, 15) is 4.79 Å². The summed E-state index contributed by atoms with van der Waals surface area (Å²) in [5, 5.41) is 3.60. The van der Waals surface area contributed by atoms with Gasteiger partial charge in [-0.05, 0) is 44.4 Å².